The molecule has 0 aromatic heterocycles. The van der Waals surface area contributed by atoms with Crippen LogP contribution in [-0.4, -0.2) is 29.4 Å². The Morgan fingerprint density at radius 2 is 2.25 bits per heavy atom. The number of aliphatic hydroxyl groups excluding tert-OH is 1. The SMILES string of the molecule is COc1cccc(CC(O)CCC(=O)O)c1. The van der Waals surface area contributed by atoms with Crippen LogP contribution >= 0.6 is 0 Å². The van der Waals surface area contributed by atoms with Crippen molar-refractivity contribution in [2.45, 2.75) is 25.4 Å². The van der Waals surface area contributed by atoms with E-state index in [-0.39, 0.29) is 12.8 Å². The predicted molar refractivity (Wildman–Crippen MR) is 59.6 cm³/mol. The third-order valence-electron chi connectivity index (χ3n) is 2.30. The van der Waals surface area contributed by atoms with E-state index in [4.69, 9.17) is 9.84 Å². The van der Waals surface area contributed by atoms with E-state index in [0.29, 0.717) is 6.42 Å². The fourth-order valence-electron chi connectivity index (χ4n) is 1.46. The topological polar surface area (TPSA) is 66.8 Å². The Balaban J connectivity index is 2.48. The van der Waals surface area contributed by atoms with Gasteiger partial charge in [-0.1, -0.05) is 12.1 Å². The number of aliphatic hydroxyl groups is 1. The fourth-order valence-corrected chi connectivity index (χ4v) is 1.46. The smallest absolute Gasteiger partial charge is 0.303 e. The van der Waals surface area contributed by atoms with Gasteiger partial charge in [0.25, 0.3) is 0 Å². The standard InChI is InChI=1S/C12H16O4/c1-16-11-4-2-3-9(8-11)7-10(13)5-6-12(14)15/h2-4,8,10,13H,5-7H2,1H3,(H,14,15). The van der Waals surface area contributed by atoms with Crippen molar-refractivity contribution in [1.29, 1.82) is 0 Å². The van der Waals surface area contributed by atoms with Crippen LogP contribution in [0.3, 0.4) is 0 Å². The highest BCUT2D eigenvalue weighted by molar-refractivity contribution is 5.66. The molecule has 0 saturated heterocycles. The van der Waals surface area contributed by atoms with Gasteiger partial charge in [-0.15, -0.1) is 0 Å². The average Bonchev–Trinajstić information content (AvgIpc) is 2.26. The second-order valence-corrected chi connectivity index (χ2v) is 3.64. The van der Waals surface area contributed by atoms with E-state index in [1.165, 1.54) is 0 Å². The van der Waals surface area contributed by atoms with Crippen LogP contribution in [0.25, 0.3) is 0 Å². The van der Waals surface area contributed by atoms with E-state index in [2.05, 4.69) is 0 Å². The van der Waals surface area contributed by atoms with Crippen LogP contribution in [0, 0.1) is 0 Å². The lowest BCUT2D eigenvalue weighted by atomic mass is 10.0. The van der Waals surface area contributed by atoms with Crippen molar-refractivity contribution < 1.29 is 19.7 Å². The minimum atomic E-state index is -0.885. The number of methoxy groups -OCH3 is 1. The molecule has 1 unspecified atom stereocenters. The Kier molecular flexibility index (Phi) is 4.79. The zero-order chi connectivity index (χ0) is 12.0. The molecule has 0 aliphatic rings. The highest BCUT2D eigenvalue weighted by Gasteiger charge is 2.08. The fraction of sp³-hybridized carbons (Fsp3) is 0.417. The first-order valence-electron chi connectivity index (χ1n) is 5.14. The molecular weight excluding hydrogens is 208 g/mol. The first-order chi connectivity index (χ1) is 7.61. The van der Waals surface area contributed by atoms with Gasteiger partial charge < -0.3 is 14.9 Å². The summed E-state index contributed by atoms with van der Waals surface area (Å²) in [6.45, 7) is 0. The van der Waals surface area contributed by atoms with Gasteiger partial charge in [-0.2, -0.15) is 0 Å². The first-order valence-corrected chi connectivity index (χ1v) is 5.14. The maximum atomic E-state index is 10.3. The van der Waals surface area contributed by atoms with E-state index < -0.39 is 12.1 Å². The Bertz CT molecular complexity index is 349. The molecule has 1 atom stereocenters. The Labute approximate surface area is 94.5 Å². The summed E-state index contributed by atoms with van der Waals surface area (Å²) in [4.78, 5) is 10.3. The third-order valence-corrected chi connectivity index (χ3v) is 2.30. The molecule has 0 saturated carbocycles. The van der Waals surface area contributed by atoms with Gasteiger partial charge in [-0.05, 0) is 30.5 Å². The van der Waals surface area contributed by atoms with Crippen molar-refractivity contribution in [2.24, 2.45) is 0 Å². The Hall–Kier alpha value is -1.55. The second kappa shape index (κ2) is 6.12. The average molecular weight is 224 g/mol. The van der Waals surface area contributed by atoms with Crippen molar-refractivity contribution in [3.63, 3.8) is 0 Å². The molecule has 0 amide bonds. The molecule has 1 aromatic carbocycles. The van der Waals surface area contributed by atoms with Crippen molar-refractivity contribution in [3.05, 3.63) is 29.8 Å². The molecule has 88 valence electrons. The number of benzene rings is 1. The minimum absolute atomic E-state index is 0.00879. The summed E-state index contributed by atoms with van der Waals surface area (Å²) in [5.74, 6) is -0.146. The van der Waals surface area contributed by atoms with Crippen molar-refractivity contribution in [2.75, 3.05) is 7.11 Å². The van der Waals surface area contributed by atoms with Gasteiger partial charge in [0, 0.05) is 6.42 Å². The molecule has 4 heteroatoms. The molecule has 0 radical (unpaired) electrons. The lowest BCUT2D eigenvalue weighted by Gasteiger charge is -2.10. The number of aliphatic carboxylic acids is 1. The van der Waals surface area contributed by atoms with Gasteiger partial charge in [0.1, 0.15) is 5.75 Å². The van der Waals surface area contributed by atoms with Crippen molar-refractivity contribution in [3.8, 4) is 5.75 Å². The molecule has 1 aromatic rings. The van der Waals surface area contributed by atoms with Crippen LogP contribution in [0.1, 0.15) is 18.4 Å². The summed E-state index contributed by atoms with van der Waals surface area (Å²) < 4.78 is 5.06. The number of ether oxygens (including phenoxy) is 1. The molecule has 0 heterocycles. The Morgan fingerprint density at radius 3 is 2.88 bits per heavy atom. The highest BCUT2D eigenvalue weighted by atomic mass is 16.5. The van der Waals surface area contributed by atoms with Gasteiger partial charge in [-0.25, -0.2) is 0 Å². The summed E-state index contributed by atoms with van der Waals surface area (Å²) in [7, 11) is 1.58. The maximum Gasteiger partial charge on any atom is 0.303 e. The van der Waals surface area contributed by atoms with Crippen LogP contribution in [0.2, 0.25) is 0 Å². The summed E-state index contributed by atoms with van der Waals surface area (Å²) in [6, 6.07) is 7.39. The predicted octanol–water partition coefficient (Wildman–Crippen LogP) is 1.46. The van der Waals surface area contributed by atoms with Crippen LogP contribution in [0.4, 0.5) is 0 Å². The van der Waals surface area contributed by atoms with Crippen LogP contribution in [0.15, 0.2) is 24.3 Å². The lowest BCUT2D eigenvalue weighted by Crippen LogP contribution is -2.12. The summed E-state index contributed by atoms with van der Waals surface area (Å²) in [5, 5.41) is 18.1. The van der Waals surface area contributed by atoms with Gasteiger partial charge in [0.15, 0.2) is 0 Å². The molecule has 2 N–H and O–H groups in total. The highest BCUT2D eigenvalue weighted by Crippen LogP contribution is 2.15. The monoisotopic (exact) mass is 224 g/mol. The lowest BCUT2D eigenvalue weighted by molar-refractivity contribution is -0.137. The number of carbonyl (C=O) groups is 1. The van der Waals surface area contributed by atoms with Crippen molar-refractivity contribution in [1.82, 2.24) is 0 Å². The van der Waals surface area contributed by atoms with Crippen molar-refractivity contribution >= 4 is 5.97 Å². The molecule has 1 rings (SSSR count). The quantitative estimate of drug-likeness (QED) is 0.767. The molecular formula is C12H16O4. The number of hydrogen-bond acceptors (Lipinski definition) is 3. The summed E-state index contributed by atoms with van der Waals surface area (Å²) in [6.07, 6.45) is 0.0884. The maximum absolute atomic E-state index is 10.3. The number of hydrogen-bond donors (Lipinski definition) is 2. The van der Waals surface area contributed by atoms with Gasteiger partial charge >= 0.3 is 5.97 Å². The van der Waals surface area contributed by atoms with E-state index in [1.807, 2.05) is 24.3 Å². The largest absolute Gasteiger partial charge is 0.497 e. The number of rotatable bonds is 6. The summed E-state index contributed by atoms with van der Waals surface area (Å²) in [5.41, 5.74) is 0.942. The Morgan fingerprint density at radius 1 is 1.50 bits per heavy atom. The van der Waals surface area contributed by atoms with E-state index in [1.54, 1.807) is 7.11 Å². The second-order valence-electron chi connectivity index (χ2n) is 3.64. The van der Waals surface area contributed by atoms with Gasteiger partial charge in [0.05, 0.1) is 13.2 Å². The molecule has 4 nitrogen and oxygen atoms in total. The van der Waals surface area contributed by atoms with E-state index >= 15 is 0 Å². The molecule has 16 heavy (non-hydrogen) atoms. The van der Waals surface area contributed by atoms with Crippen LogP contribution in [0.5, 0.6) is 5.75 Å². The number of carboxylic acids is 1. The number of carboxylic acid groups (broad SMARTS) is 1. The third kappa shape index (κ3) is 4.31. The molecule has 0 bridgehead atoms. The molecule has 0 spiro atoms. The van der Waals surface area contributed by atoms with Gasteiger partial charge in [-0.3, -0.25) is 4.79 Å². The van der Waals surface area contributed by atoms with Crippen LogP contribution in [-0.2, 0) is 11.2 Å². The molecule has 0 fully saturated rings. The van der Waals surface area contributed by atoms with Crippen LogP contribution < -0.4 is 4.74 Å². The van der Waals surface area contributed by atoms with E-state index in [9.17, 15) is 9.90 Å². The normalized spacial score (nSPS) is 12.1. The van der Waals surface area contributed by atoms with E-state index in [0.717, 1.165) is 11.3 Å². The molecule has 0 aliphatic carbocycles. The zero-order valence-electron chi connectivity index (χ0n) is 9.22. The molecule has 0 aliphatic heterocycles. The van der Waals surface area contributed by atoms with Gasteiger partial charge in [0.2, 0.25) is 0 Å². The minimum Gasteiger partial charge on any atom is -0.497 e. The first kappa shape index (κ1) is 12.5. The summed E-state index contributed by atoms with van der Waals surface area (Å²) >= 11 is 0. The zero-order valence-corrected chi connectivity index (χ0v) is 9.22.